The molecule has 0 spiro atoms. The van der Waals surface area contributed by atoms with Gasteiger partial charge in [0, 0.05) is 13.1 Å². The Morgan fingerprint density at radius 1 is 0.868 bits per heavy atom. The minimum Gasteiger partial charge on any atom is -0.481 e. The normalized spacial score (nSPS) is 21.8. The summed E-state index contributed by atoms with van der Waals surface area (Å²) in [4.78, 5) is 77.9. The van der Waals surface area contributed by atoms with Gasteiger partial charge in [-0.25, -0.2) is 4.79 Å². The van der Waals surface area contributed by atoms with E-state index in [1.54, 1.807) is 0 Å². The number of aliphatic carboxylic acids is 2. The highest BCUT2D eigenvalue weighted by atomic mass is 16.4. The van der Waals surface area contributed by atoms with Crippen molar-refractivity contribution in [3.8, 4) is 0 Å². The topological polar surface area (TPSA) is 199 Å². The van der Waals surface area contributed by atoms with Gasteiger partial charge in [0.15, 0.2) is 0 Å². The second kappa shape index (κ2) is 13.5. The Morgan fingerprint density at radius 2 is 1.45 bits per heavy atom. The maximum atomic E-state index is 13.5. The number of nitrogens with one attached hydrogen (secondary N) is 2. The average Bonchev–Trinajstić information content (AvgIpc) is 3.51. The van der Waals surface area contributed by atoms with Crippen LogP contribution in [0.4, 0.5) is 0 Å². The molecule has 0 aromatic rings. The zero-order valence-electron chi connectivity index (χ0n) is 22.5. The van der Waals surface area contributed by atoms with E-state index in [2.05, 4.69) is 10.6 Å². The average molecular weight is 540 g/mol. The Morgan fingerprint density at radius 3 is 1.97 bits per heavy atom. The molecule has 38 heavy (non-hydrogen) atoms. The third kappa shape index (κ3) is 7.89. The van der Waals surface area contributed by atoms with Gasteiger partial charge in [-0.1, -0.05) is 27.7 Å². The fourth-order valence-electron chi connectivity index (χ4n) is 4.88. The zero-order chi connectivity index (χ0) is 28.7. The molecule has 0 aromatic heterocycles. The van der Waals surface area contributed by atoms with E-state index in [0.29, 0.717) is 38.8 Å². The Balaban J connectivity index is 2.15. The Labute approximate surface area is 222 Å². The number of nitrogens with two attached hydrogens (primary N) is 1. The number of rotatable bonds is 12. The van der Waals surface area contributed by atoms with Crippen LogP contribution in [0, 0.1) is 11.8 Å². The lowest BCUT2D eigenvalue weighted by Gasteiger charge is -2.33. The molecular formula is C25H41N5O8. The van der Waals surface area contributed by atoms with Crippen molar-refractivity contribution < 1.29 is 39.0 Å². The first-order valence-electron chi connectivity index (χ1n) is 13.2. The summed E-state index contributed by atoms with van der Waals surface area (Å²) in [5.74, 6) is -5.04. The van der Waals surface area contributed by atoms with Crippen molar-refractivity contribution in [1.29, 1.82) is 0 Å². The van der Waals surface area contributed by atoms with E-state index in [1.165, 1.54) is 9.80 Å². The minimum atomic E-state index is -1.65. The predicted octanol–water partition coefficient (Wildman–Crippen LogP) is -0.473. The first-order chi connectivity index (χ1) is 17.7. The van der Waals surface area contributed by atoms with Crippen molar-refractivity contribution in [2.45, 2.75) is 96.4 Å². The summed E-state index contributed by atoms with van der Waals surface area (Å²) in [6, 6.07) is -5.06. The van der Waals surface area contributed by atoms with Crippen LogP contribution in [0.3, 0.4) is 0 Å². The molecular weight excluding hydrogens is 498 g/mol. The lowest BCUT2D eigenvalue weighted by Crippen LogP contribution is -2.58. The summed E-state index contributed by atoms with van der Waals surface area (Å²) in [5, 5.41) is 23.1. The molecule has 2 rings (SSSR count). The third-order valence-corrected chi connectivity index (χ3v) is 7.00. The van der Waals surface area contributed by atoms with E-state index in [1.807, 2.05) is 27.7 Å². The maximum Gasteiger partial charge on any atom is 0.326 e. The number of amides is 4. The molecule has 4 amide bonds. The Hall–Kier alpha value is -3.22. The third-order valence-electron chi connectivity index (χ3n) is 7.00. The minimum absolute atomic E-state index is 0.0571. The van der Waals surface area contributed by atoms with Crippen molar-refractivity contribution in [2.24, 2.45) is 17.6 Å². The molecule has 2 heterocycles. The van der Waals surface area contributed by atoms with Crippen LogP contribution < -0.4 is 16.4 Å². The van der Waals surface area contributed by atoms with Crippen LogP contribution in [-0.4, -0.2) is 98.9 Å². The van der Waals surface area contributed by atoms with Gasteiger partial charge in [-0.05, 0) is 43.9 Å². The highest BCUT2D eigenvalue weighted by Crippen LogP contribution is 2.26. The van der Waals surface area contributed by atoms with Gasteiger partial charge in [-0.3, -0.25) is 24.0 Å². The molecule has 0 aromatic carbocycles. The van der Waals surface area contributed by atoms with Gasteiger partial charge in [-0.15, -0.1) is 0 Å². The predicted molar refractivity (Wildman–Crippen MR) is 135 cm³/mol. The van der Waals surface area contributed by atoms with Crippen LogP contribution in [0.1, 0.15) is 66.2 Å². The second-order valence-electron chi connectivity index (χ2n) is 10.8. The van der Waals surface area contributed by atoms with Crippen molar-refractivity contribution in [2.75, 3.05) is 13.1 Å². The first-order valence-corrected chi connectivity index (χ1v) is 13.2. The second-order valence-corrected chi connectivity index (χ2v) is 10.8. The van der Waals surface area contributed by atoms with Crippen molar-refractivity contribution in [3.05, 3.63) is 0 Å². The Kier molecular flexibility index (Phi) is 11.0. The molecule has 0 radical (unpaired) electrons. The number of carbonyl (C=O) groups excluding carboxylic acids is 4. The van der Waals surface area contributed by atoms with Crippen molar-refractivity contribution >= 4 is 35.6 Å². The Bertz CT molecular complexity index is 923. The zero-order valence-corrected chi connectivity index (χ0v) is 22.5. The molecule has 2 aliphatic rings. The van der Waals surface area contributed by atoms with E-state index in [4.69, 9.17) is 10.8 Å². The van der Waals surface area contributed by atoms with E-state index < -0.39 is 60.4 Å². The highest BCUT2D eigenvalue weighted by molar-refractivity contribution is 5.96. The van der Waals surface area contributed by atoms with E-state index in [0.717, 1.165) is 0 Å². The molecule has 2 saturated heterocycles. The van der Waals surface area contributed by atoms with Gasteiger partial charge in [0.25, 0.3) is 0 Å². The van der Waals surface area contributed by atoms with Gasteiger partial charge < -0.3 is 36.4 Å². The van der Waals surface area contributed by atoms with Gasteiger partial charge >= 0.3 is 11.9 Å². The smallest absolute Gasteiger partial charge is 0.326 e. The fraction of sp³-hybridized carbons (Fsp3) is 0.760. The van der Waals surface area contributed by atoms with Gasteiger partial charge in [-0.2, -0.15) is 0 Å². The molecule has 0 aliphatic carbocycles. The van der Waals surface area contributed by atoms with Gasteiger partial charge in [0.05, 0.1) is 12.5 Å². The van der Waals surface area contributed by atoms with Crippen LogP contribution >= 0.6 is 0 Å². The van der Waals surface area contributed by atoms with E-state index >= 15 is 0 Å². The number of hydrogen-bond donors (Lipinski definition) is 5. The number of nitrogens with zero attached hydrogens (tertiary/aromatic N) is 2. The summed E-state index contributed by atoms with van der Waals surface area (Å²) in [7, 11) is 0. The number of carbonyl (C=O) groups is 6. The fourth-order valence-corrected chi connectivity index (χ4v) is 4.88. The lowest BCUT2D eigenvalue weighted by atomic mass is 10.0. The molecule has 0 bridgehead atoms. The summed E-state index contributed by atoms with van der Waals surface area (Å²) in [6.45, 7) is 8.04. The standard InChI is InChI=1S/C25H41N5O8/c1-13(2)11-15(21(33)28-16(25(37)38)12-19(31)32)27-22(34)17-7-5-9-29(17)23(35)18-8-6-10-30(18)24(36)20(26)14(3)4/h13-18,20H,5-12,26H2,1-4H3,(H,27,34)(H,28,33)(H,31,32)(H,37,38)/t15-,16-,17-,18-,20-/m0/s1. The summed E-state index contributed by atoms with van der Waals surface area (Å²) < 4.78 is 0. The summed E-state index contributed by atoms with van der Waals surface area (Å²) in [5.41, 5.74) is 6.05. The number of likely N-dealkylation sites (tertiary alicyclic amines) is 2. The van der Waals surface area contributed by atoms with E-state index in [-0.39, 0.29) is 30.1 Å². The lowest BCUT2D eigenvalue weighted by molar-refractivity contribution is -0.148. The molecule has 5 atom stereocenters. The molecule has 13 heteroatoms. The van der Waals surface area contributed by atoms with E-state index in [9.17, 15) is 33.9 Å². The molecule has 13 nitrogen and oxygen atoms in total. The van der Waals surface area contributed by atoms with Crippen LogP contribution in [0.5, 0.6) is 0 Å². The van der Waals surface area contributed by atoms with Gasteiger partial charge in [0.1, 0.15) is 24.2 Å². The highest BCUT2D eigenvalue weighted by Gasteiger charge is 2.43. The quantitative estimate of drug-likeness (QED) is 0.217. The van der Waals surface area contributed by atoms with Crippen LogP contribution in [-0.2, 0) is 28.8 Å². The summed E-state index contributed by atoms with van der Waals surface area (Å²) >= 11 is 0. The maximum absolute atomic E-state index is 13.5. The summed E-state index contributed by atoms with van der Waals surface area (Å²) in [6.07, 6.45) is 1.42. The molecule has 2 fully saturated rings. The van der Waals surface area contributed by atoms with Crippen molar-refractivity contribution in [3.63, 3.8) is 0 Å². The van der Waals surface area contributed by atoms with Crippen LogP contribution in [0.2, 0.25) is 0 Å². The first kappa shape index (κ1) is 31.0. The largest absolute Gasteiger partial charge is 0.481 e. The number of carboxylic acid groups (broad SMARTS) is 2. The molecule has 214 valence electrons. The monoisotopic (exact) mass is 539 g/mol. The number of hydrogen-bond acceptors (Lipinski definition) is 7. The number of carboxylic acids is 2. The van der Waals surface area contributed by atoms with Crippen LogP contribution in [0.25, 0.3) is 0 Å². The molecule has 0 saturated carbocycles. The van der Waals surface area contributed by atoms with Crippen LogP contribution in [0.15, 0.2) is 0 Å². The SMILES string of the molecule is CC(C)C[C@H](NC(=O)[C@@H]1CCCN1C(=O)[C@@H]1CCCN1C(=O)[C@@H](N)C(C)C)C(=O)N[C@@H](CC(=O)O)C(=O)O. The van der Waals surface area contributed by atoms with Gasteiger partial charge in [0.2, 0.25) is 23.6 Å². The molecule has 0 unspecified atom stereocenters. The van der Waals surface area contributed by atoms with Crippen molar-refractivity contribution in [1.82, 2.24) is 20.4 Å². The molecule has 2 aliphatic heterocycles. The molecule has 6 N–H and O–H groups in total.